The van der Waals surface area contributed by atoms with Gasteiger partial charge in [-0.05, 0) is 19.8 Å². The van der Waals surface area contributed by atoms with Crippen molar-refractivity contribution in [1.82, 2.24) is 5.01 Å². The Labute approximate surface area is 97.0 Å². The van der Waals surface area contributed by atoms with Crippen LogP contribution in [0.3, 0.4) is 0 Å². The molecule has 2 aliphatic rings. The summed E-state index contributed by atoms with van der Waals surface area (Å²) in [5.74, 6) is 0.563. The highest BCUT2D eigenvalue weighted by molar-refractivity contribution is 5.85. The standard InChI is InChI=1S/C10H18N4.ClH/c1-2-12-9(11)14-8-10(7-13-14)5-3-4-6-10;/h7H,2-6,8H2,1H3,(H2,11,12);1H. The predicted octanol–water partition coefficient (Wildman–Crippen LogP) is 1.60. The third kappa shape index (κ3) is 2.43. The fourth-order valence-electron chi connectivity index (χ4n) is 2.32. The summed E-state index contributed by atoms with van der Waals surface area (Å²) in [6, 6.07) is 0. The third-order valence-electron chi connectivity index (χ3n) is 3.12. The lowest BCUT2D eigenvalue weighted by molar-refractivity contribution is 0.344. The van der Waals surface area contributed by atoms with E-state index in [0.717, 1.165) is 13.1 Å². The van der Waals surface area contributed by atoms with E-state index in [-0.39, 0.29) is 12.4 Å². The number of halogens is 1. The van der Waals surface area contributed by atoms with E-state index >= 15 is 0 Å². The molecule has 5 heteroatoms. The molecule has 0 aromatic carbocycles. The normalized spacial score (nSPS) is 23.5. The van der Waals surface area contributed by atoms with Crippen LogP contribution in [0, 0.1) is 5.41 Å². The van der Waals surface area contributed by atoms with Gasteiger partial charge in [0, 0.05) is 18.2 Å². The van der Waals surface area contributed by atoms with E-state index in [2.05, 4.69) is 16.3 Å². The number of rotatable bonds is 1. The smallest absolute Gasteiger partial charge is 0.212 e. The molecule has 4 nitrogen and oxygen atoms in total. The Morgan fingerprint density at radius 3 is 2.80 bits per heavy atom. The van der Waals surface area contributed by atoms with Gasteiger partial charge in [0.15, 0.2) is 0 Å². The van der Waals surface area contributed by atoms with Gasteiger partial charge in [0.1, 0.15) is 0 Å². The molecule has 2 rings (SSSR count). The van der Waals surface area contributed by atoms with Crippen molar-refractivity contribution in [1.29, 1.82) is 0 Å². The zero-order valence-electron chi connectivity index (χ0n) is 9.15. The highest BCUT2D eigenvalue weighted by Gasteiger charge is 2.38. The fraction of sp³-hybridized carbons (Fsp3) is 0.800. The predicted molar refractivity (Wildman–Crippen MR) is 65.5 cm³/mol. The molecule has 0 radical (unpaired) electrons. The number of nitrogens with two attached hydrogens (primary N) is 1. The van der Waals surface area contributed by atoms with Gasteiger partial charge in [-0.15, -0.1) is 12.4 Å². The van der Waals surface area contributed by atoms with E-state index in [1.807, 2.05) is 11.9 Å². The van der Waals surface area contributed by atoms with Crippen LogP contribution < -0.4 is 5.73 Å². The first kappa shape index (κ1) is 12.3. The second kappa shape index (κ2) is 4.84. The molecule has 0 atom stereocenters. The fourth-order valence-corrected chi connectivity index (χ4v) is 2.32. The van der Waals surface area contributed by atoms with Crippen molar-refractivity contribution in [3.05, 3.63) is 0 Å². The summed E-state index contributed by atoms with van der Waals surface area (Å²) in [7, 11) is 0. The van der Waals surface area contributed by atoms with Gasteiger partial charge in [0.25, 0.3) is 0 Å². The summed E-state index contributed by atoms with van der Waals surface area (Å²) in [5, 5.41) is 6.18. The minimum Gasteiger partial charge on any atom is -0.368 e. The minimum atomic E-state index is 0. The van der Waals surface area contributed by atoms with Crippen molar-refractivity contribution in [2.45, 2.75) is 32.6 Å². The van der Waals surface area contributed by atoms with E-state index in [0.29, 0.717) is 11.4 Å². The Hall–Kier alpha value is -0.770. The van der Waals surface area contributed by atoms with Gasteiger partial charge < -0.3 is 5.73 Å². The third-order valence-corrected chi connectivity index (χ3v) is 3.12. The van der Waals surface area contributed by atoms with Crippen LogP contribution in [0.15, 0.2) is 10.1 Å². The lowest BCUT2D eigenvalue weighted by Gasteiger charge is -2.21. The molecule has 15 heavy (non-hydrogen) atoms. The van der Waals surface area contributed by atoms with Crippen LogP contribution in [0.4, 0.5) is 0 Å². The highest BCUT2D eigenvalue weighted by Crippen LogP contribution is 2.39. The van der Waals surface area contributed by atoms with Crippen LogP contribution in [-0.2, 0) is 0 Å². The molecule has 1 heterocycles. The molecule has 1 spiro atoms. The van der Waals surface area contributed by atoms with E-state index in [1.165, 1.54) is 25.7 Å². The van der Waals surface area contributed by atoms with E-state index < -0.39 is 0 Å². The average molecular weight is 231 g/mol. The maximum Gasteiger partial charge on any atom is 0.212 e. The first-order valence-corrected chi connectivity index (χ1v) is 5.38. The van der Waals surface area contributed by atoms with Crippen molar-refractivity contribution in [2.24, 2.45) is 21.2 Å². The molecule has 0 saturated heterocycles. The lowest BCUT2D eigenvalue weighted by Crippen LogP contribution is -2.36. The number of nitrogens with zero attached hydrogens (tertiary/aromatic N) is 3. The van der Waals surface area contributed by atoms with E-state index in [9.17, 15) is 0 Å². The van der Waals surface area contributed by atoms with Crippen molar-refractivity contribution in [3.63, 3.8) is 0 Å². The highest BCUT2D eigenvalue weighted by atomic mass is 35.5. The lowest BCUT2D eigenvalue weighted by atomic mass is 9.88. The largest absolute Gasteiger partial charge is 0.368 e. The SMILES string of the molecule is CCN=C(N)N1CC2(C=N1)CCCC2.Cl. The van der Waals surface area contributed by atoms with Gasteiger partial charge in [-0.2, -0.15) is 5.10 Å². The summed E-state index contributed by atoms with van der Waals surface area (Å²) in [4.78, 5) is 4.17. The molecule has 0 aromatic heterocycles. The molecule has 0 unspecified atom stereocenters. The molecular formula is C10H19ClN4. The monoisotopic (exact) mass is 230 g/mol. The maximum atomic E-state index is 5.80. The van der Waals surface area contributed by atoms with E-state index in [4.69, 9.17) is 5.73 Å². The molecule has 1 aliphatic carbocycles. The van der Waals surface area contributed by atoms with Gasteiger partial charge in [-0.25, -0.2) is 5.01 Å². The number of hydrazone groups is 1. The molecule has 1 saturated carbocycles. The molecular weight excluding hydrogens is 212 g/mol. The first-order chi connectivity index (χ1) is 6.76. The molecule has 1 aliphatic heterocycles. The molecule has 2 N–H and O–H groups in total. The van der Waals surface area contributed by atoms with Gasteiger partial charge >= 0.3 is 0 Å². The number of guanidine groups is 1. The van der Waals surface area contributed by atoms with Gasteiger partial charge in [0.05, 0.1) is 6.54 Å². The number of hydrogen-bond acceptors (Lipinski definition) is 2. The van der Waals surface area contributed by atoms with Crippen molar-refractivity contribution in [2.75, 3.05) is 13.1 Å². The number of aliphatic imine (C=N–C) groups is 1. The van der Waals surface area contributed by atoms with Gasteiger partial charge in [-0.3, -0.25) is 4.99 Å². The first-order valence-electron chi connectivity index (χ1n) is 5.38. The number of hydrogen-bond donors (Lipinski definition) is 1. The summed E-state index contributed by atoms with van der Waals surface area (Å²) < 4.78 is 0. The topological polar surface area (TPSA) is 54.0 Å². The van der Waals surface area contributed by atoms with Crippen molar-refractivity contribution in [3.8, 4) is 0 Å². The molecule has 0 aromatic rings. The van der Waals surface area contributed by atoms with Crippen molar-refractivity contribution >= 4 is 24.6 Å². The molecule has 0 bridgehead atoms. The quantitative estimate of drug-likeness (QED) is 0.550. The summed E-state index contributed by atoms with van der Waals surface area (Å²) in [6.07, 6.45) is 7.24. The Bertz CT molecular complexity index is 269. The molecule has 86 valence electrons. The van der Waals surface area contributed by atoms with Crippen LogP contribution in [0.2, 0.25) is 0 Å². The zero-order chi connectivity index (χ0) is 10.0. The molecule has 0 amide bonds. The van der Waals surface area contributed by atoms with Gasteiger partial charge in [-0.1, -0.05) is 12.8 Å². The van der Waals surface area contributed by atoms with Crippen LogP contribution in [-0.4, -0.2) is 30.3 Å². The molecule has 1 fully saturated rings. The summed E-state index contributed by atoms with van der Waals surface area (Å²) in [5.41, 5.74) is 6.12. The zero-order valence-corrected chi connectivity index (χ0v) is 9.96. The minimum absolute atomic E-state index is 0. The van der Waals surface area contributed by atoms with Crippen molar-refractivity contribution < 1.29 is 0 Å². The Kier molecular flexibility index (Phi) is 3.97. The van der Waals surface area contributed by atoms with Crippen LogP contribution in [0.25, 0.3) is 0 Å². The van der Waals surface area contributed by atoms with Crippen LogP contribution >= 0.6 is 12.4 Å². The summed E-state index contributed by atoms with van der Waals surface area (Å²) >= 11 is 0. The Balaban J connectivity index is 0.00000112. The Morgan fingerprint density at radius 2 is 2.20 bits per heavy atom. The Morgan fingerprint density at radius 1 is 1.53 bits per heavy atom. The van der Waals surface area contributed by atoms with E-state index in [1.54, 1.807) is 0 Å². The summed E-state index contributed by atoms with van der Waals surface area (Å²) in [6.45, 7) is 3.64. The van der Waals surface area contributed by atoms with Crippen LogP contribution in [0.5, 0.6) is 0 Å². The van der Waals surface area contributed by atoms with Crippen LogP contribution in [0.1, 0.15) is 32.6 Å². The maximum absolute atomic E-state index is 5.80. The second-order valence-corrected chi connectivity index (χ2v) is 4.20. The average Bonchev–Trinajstić information content (AvgIpc) is 2.78. The van der Waals surface area contributed by atoms with Gasteiger partial charge in [0.2, 0.25) is 5.96 Å². The second-order valence-electron chi connectivity index (χ2n) is 4.20.